The summed E-state index contributed by atoms with van der Waals surface area (Å²) >= 11 is 0. The molecule has 6 aromatic rings. The molecule has 2 unspecified atom stereocenters. The highest BCUT2D eigenvalue weighted by molar-refractivity contribution is 6.12. The lowest BCUT2D eigenvalue weighted by molar-refractivity contribution is 0.802. The summed E-state index contributed by atoms with van der Waals surface area (Å²) in [6, 6.07) is 56.0. The molecule has 2 atom stereocenters. The zero-order valence-electron chi connectivity index (χ0n) is 30.1. The van der Waals surface area contributed by atoms with Crippen LogP contribution >= 0.6 is 0 Å². The number of rotatable bonds is 8. The van der Waals surface area contributed by atoms with E-state index in [1.54, 1.807) is 0 Å². The SMILES string of the molecule is C=C(/N=C(\N=C(/C)c1ccccc1)c1ccccc1)c1ccc(C2=CCC(c3cc(-c4ccccc4)cc(C4C=CC=CC4)c3)c3ccccc32)cc1. The van der Waals surface area contributed by atoms with Crippen molar-refractivity contribution in [2.75, 3.05) is 0 Å². The van der Waals surface area contributed by atoms with Crippen LogP contribution in [0.4, 0.5) is 0 Å². The second-order valence-electron chi connectivity index (χ2n) is 13.8. The van der Waals surface area contributed by atoms with Crippen LogP contribution in [0.3, 0.4) is 0 Å². The van der Waals surface area contributed by atoms with Gasteiger partial charge >= 0.3 is 0 Å². The van der Waals surface area contributed by atoms with Gasteiger partial charge in [-0.3, -0.25) is 0 Å². The van der Waals surface area contributed by atoms with Gasteiger partial charge in [-0.15, -0.1) is 0 Å². The van der Waals surface area contributed by atoms with Crippen LogP contribution < -0.4 is 0 Å². The minimum Gasteiger partial charge on any atom is -0.233 e. The maximum absolute atomic E-state index is 4.99. The molecule has 0 aliphatic heterocycles. The molecule has 0 bridgehead atoms. The van der Waals surface area contributed by atoms with Crippen LogP contribution in [0.25, 0.3) is 22.4 Å². The van der Waals surface area contributed by atoms with Crippen LogP contribution in [0.15, 0.2) is 205 Å². The molecule has 0 saturated carbocycles. The normalized spacial score (nSPS) is 16.9. The number of allylic oxidation sites excluding steroid dienone is 5. The first-order valence-corrected chi connectivity index (χ1v) is 18.5. The van der Waals surface area contributed by atoms with E-state index in [2.05, 4.69) is 146 Å². The average Bonchev–Trinajstić information content (AvgIpc) is 3.24. The fraction of sp³-hybridized carbons (Fsp3) is 0.0980. The molecule has 0 heterocycles. The molecule has 2 heteroatoms. The monoisotopic (exact) mass is 682 g/mol. The Hall–Kier alpha value is -6.38. The summed E-state index contributed by atoms with van der Waals surface area (Å²) in [6.45, 7) is 6.41. The molecule has 2 aliphatic carbocycles. The van der Waals surface area contributed by atoms with Crippen molar-refractivity contribution in [2.24, 2.45) is 9.98 Å². The summed E-state index contributed by atoms with van der Waals surface area (Å²) in [5.74, 6) is 1.30. The molecule has 53 heavy (non-hydrogen) atoms. The molecule has 0 spiro atoms. The zero-order valence-corrected chi connectivity index (χ0v) is 30.1. The van der Waals surface area contributed by atoms with E-state index in [9.17, 15) is 0 Å². The first-order valence-electron chi connectivity index (χ1n) is 18.5. The molecule has 0 radical (unpaired) electrons. The predicted molar refractivity (Wildman–Crippen MR) is 225 cm³/mol. The van der Waals surface area contributed by atoms with E-state index in [4.69, 9.17) is 9.98 Å². The Balaban J connectivity index is 1.10. The Labute approximate surface area is 313 Å². The molecule has 6 aromatic carbocycles. The van der Waals surface area contributed by atoms with Crippen molar-refractivity contribution in [2.45, 2.75) is 31.6 Å². The van der Waals surface area contributed by atoms with Gasteiger partial charge in [-0.1, -0.05) is 195 Å². The minimum atomic E-state index is 0.269. The molecule has 2 nitrogen and oxygen atoms in total. The molecule has 0 amide bonds. The molecule has 0 N–H and O–H groups in total. The van der Waals surface area contributed by atoms with Gasteiger partial charge in [0.15, 0.2) is 5.84 Å². The van der Waals surface area contributed by atoms with E-state index in [0.29, 0.717) is 17.5 Å². The van der Waals surface area contributed by atoms with Crippen LogP contribution in [0.1, 0.15) is 76.1 Å². The molecule has 2 aliphatic rings. The van der Waals surface area contributed by atoms with Crippen LogP contribution in [-0.2, 0) is 0 Å². The summed E-state index contributed by atoms with van der Waals surface area (Å²) in [5.41, 5.74) is 15.0. The van der Waals surface area contributed by atoms with E-state index in [1.165, 1.54) is 44.5 Å². The van der Waals surface area contributed by atoms with E-state index in [0.717, 1.165) is 35.2 Å². The van der Waals surface area contributed by atoms with Gasteiger partial charge in [0.2, 0.25) is 0 Å². The highest BCUT2D eigenvalue weighted by Crippen LogP contribution is 2.43. The third kappa shape index (κ3) is 7.49. The van der Waals surface area contributed by atoms with Gasteiger partial charge in [0.1, 0.15) is 0 Å². The Morgan fingerprint density at radius 2 is 1.23 bits per heavy atom. The maximum atomic E-state index is 4.99. The van der Waals surface area contributed by atoms with Crippen molar-refractivity contribution in [3.05, 3.63) is 239 Å². The van der Waals surface area contributed by atoms with Crippen molar-refractivity contribution in [1.29, 1.82) is 0 Å². The lowest BCUT2D eigenvalue weighted by Crippen LogP contribution is -2.10. The maximum Gasteiger partial charge on any atom is 0.160 e. The highest BCUT2D eigenvalue weighted by Gasteiger charge is 2.25. The van der Waals surface area contributed by atoms with Crippen LogP contribution in [0, 0.1) is 0 Å². The highest BCUT2D eigenvalue weighted by atomic mass is 14.9. The van der Waals surface area contributed by atoms with Crippen molar-refractivity contribution in [3.63, 3.8) is 0 Å². The lowest BCUT2D eigenvalue weighted by atomic mass is 9.76. The zero-order chi connectivity index (χ0) is 36.0. The number of hydrogen-bond donors (Lipinski definition) is 0. The summed E-state index contributed by atoms with van der Waals surface area (Å²) in [5, 5.41) is 0. The number of aliphatic imine (C=N–C) groups is 2. The van der Waals surface area contributed by atoms with E-state index in [-0.39, 0.29) is 5.92 Å². The first-order chi connectivity index (χ1) is 26.1. The molecule has 0 saturated heterocycles. The summed E-state index contributed by atoms with van der Waals surface area (Å²) in [7, 11) is 0. The Morgan fingerprint density at radius 1 is 0.566 bits per heavy atom. The summed E-state index contributed by atoms with van der Waals surface area (Å²) < 4.78 is 0. The van der Waals surface area contributed by atoms with Gasteiger partial charge in [0.25, 0.3) is 0 Å². The van der Waals surface area contributed by atoms with Gasteiger partial charge < -0.3 is 0 Å². The third-order valence-electron chi connectivity index (χ3n) is 10.3. The number of nitrogens with zero attached hydrogens (tertiary/aromatic N) is 2. The van der Waals surface area contributed by atoms with Crippen LogP contribution in [0.5, 0.6) is 0 Å². The Bertz CT molecular complexity index is 2390. The van der Waals surface area contributed by atoms with E-state index in [1.807, 2.05) is 55.5 Å². The standard InChI is InChI=1S/C51H42N2/c1-36(38-17-7-3-8-18-38)52-51(43-23-13-6-14-24-43)53-37(2)39-27-29-42(30-28-39)47-31-32-48(50-26-16-15-25-49(47)50)46-34-44(40-19-9-4-10-20-40)33-45(35-46)41-21-11-5-12-22-41/h3-21,23-31,33-35,41,48H,2,22,32H2,1H3/b52-36+,53-51-. The number of amidine groups is 1. The van der Waals surface area contributed by atoms with Gasteiger partial charge in [0, 0.05) is 23.1 Å². The molecule has 256 valence electrons. The average molecular weight is 683 g/mol. The van der Waals surface area contributed by atoms with E-state index < -0.39 is 0 Å². The summed E-state index contributed by atoms with van der Waals surface area (Å²) in [6.07, 6.45) is 13.4. The lowest BCUT2D eigenvalue weighted by Gasteiger charge is -2.28. The molecular formula is C51H42N2. The second kappa shape index (κ2) is 15.5. The fourth-order valence-corrected chi connectivity index (χ4v) is 7.50. The second-order valence-corrected chi connectivity index (χ2v) is 13.8. The molecular weight excluding hydrogens is 641 g/mol. The van der Waals surface area contributed by atoms with Crippen molar-refractivity contribution >= 4 is 22.8 Å². The fourth-order valence-electron chi connectivity index (χ4n) is 7.50. The van der Waals surface area contributed by atoms with E-state index >= 15 is 0 Å². The Morgan fingerprint density at radius 3 is 1.94 bits per heavy atom. The number of hydrogen-bond acceptors (Lipinski definition) is 1. The van der Waals surface area contributed by atoms with Crippen LogP contribution in [-0.4, -0.2) is 11.5 Å². The van der Waals surface area contributed by atoms with Crippen LogP contribution in [0.2, 0.25) is 0 Å². The van der Waals surface area contributed by atoms with Gasteiger partial charge in [-0.2, -0.15) is 0 Å². The molecule has 0 aromatic heterocycles. The van der Waals surface area contributed by atoms with Crippen molar-refractivity contribution in [1.82, 2.24) is 0 Å². The smallest absolute Gasteiger partial charge is 0.160 e. The number of benzene rings is 6. The van der Waals surface area contributed by atoms with Gasteiger partial charge in [0.05, 0.1) is 5.70 Å². The van der Waals surface area contributed by atoms with Gasteiger partial charge in [-0.05, 0) is 75.4 Å². The predicted octanol–water partition coefficient (Wildman–Crippen LogP) is 12.8. The summed E-state index contributed by atoms with van der Waals surface area (Å²) in [4.78, 5) is 9.96. The van der Waals surface area contributed by atoms with Crippen molar-refractivity contribution in [3.8, 4) is 11.1 Å². The third-order valence-corrected chi connectivity index (χ3v) is 10.3. The van der Waals surface area contributed by atoms with Crippen molar-refractivity contribution < 1.29 is 0 Å². The van der Waals surface area contributed by atoms with Gasteiger partial charge in [-0.25, -0.2) is 9.98 Å². The molecule has 0 fully saturated rings. The topological polar surface area (TPSA) is 24.7 Å². The Kier molecular flexibility index (Phi) is 9.85. The largest absolute Gasteiger partial charge is 0.233 e. The first kappa shape index (κ1) is 33.7. The number of fused-ring (bicyclic) bond motifs is 1. The quantitative estimate of drug-likeness (QED) is 0.113. The minimum absolute atomic E-state index is 0.269. The molecule has 8 rings (SSSR count).